The highest BCUT2D eigenvalue weighted by molar-refractivity contribution is 8.44. The largest absolute Gasteiger partial charge is 0.387 e. The number of amides is 1. The van der Waals surface area contributed by atoms with Crippen LogP contribution in [0.5, 0.6) is 0 Å². The summed E-state index contributed by atoms with van der Waals surface area (Å²) in [7, 11) is -3.77. The van der Waals surface area contributed by atoms with E-state index in [0.29, 0.717) is 23.1 Å². The lowest BCUT2D eigenvalue weighted by atomic mass is 9.70. The molecular weight excluding hydrogens is 612 g/mol. The normalized spacial score (nSPS) is 37.5. The summed E-state index contributed by atoms with van der Waals surface area (Å²) in [5.74, 6) is -0.989. The molecule has 1 saturated carbocycles. The first-order valence-corrected chi connectivity index (χ1v) is 17.7. The number of hydrogen-bond donors (Lipinski definition) is 4. The van der Waals surface area contributed by atoms with Gasteiger partial charge in [-0.1, -0.05) is 12.2 Å². The van der Waals surface area contributed by atoms with E-state index in [0.717, 1.165) is 0 Å². The topological polar surface area (TPSA) is 226 Å². The molecule has 0 spiro atoms. The highest BCUT2D eigenvalue weighted by atomic mass is 32.7. The third-order valence-corrected chi connectivity index (χ3v) is 10.6. The van der Waals surface area contributed by atoms with Crippen molar-refractivity contribution in [3.8, 4) is 0 Å². The number of pyridine rings is 1. The second-order valence-corrected chi connectivity index (χ2v) is 15.4. The Morgan fingerprint density at radius 1 is 1.14 bits per heavy atom. The smallest absolute Gasteiger partial charge is 0.386 e. The van der Waals surface area contributed by atoms with Crippen LogP contribution in [0.4, 0.5) is 5.82 Å². The average Bonchev–Trinajstić information content (AvgIpc) is 3.48. The number of hydrogen-bond acceptors (Lipinski definition) is 14. The number of thiol groups is 1. The lowest BCUT2D eigenvalue weighted by molar-refractivity contribution is -0.0242. The van der Waals surface area contributed by atoms with E-state index in [-0.39, 0.29) is 49.2 Å². The Bertz CT molecular complexity index is 1610. The zero-order valence-electron chi connectivity index (χ0n) is 22.2. The number of aliphatic hydroxyl groups is 1. The highest BCUT2D eigenvalue weighted by Gasteiger charge is 2.50. The van der Waals surface area contributed by atoms with E-state index in [2.05, 4.69) is 32.2 Å². The van der Waals surface area contributed by atoms with Gasteiger partial charge in [-0.25, -0.2) is 19.5 Å². The molecule has 2 aliphatic heterocycles. The van der Waals surface area contributed by atoms with Crippen LogP contribution in [0, 0.1) is 11.8 Å². The molecule has 226 valence electrons. The van der Waals surface area contributed by atoms with Crippen molar-refractivity contribution in [2.24, 2.45) is 17.6 Å². The fourth-order valence-electron chi connectivity index (χ4n) is 5.54. The van der Waals surface area contributed by atoms with Crippen molar-refractivity contribution in [3.05, 3.63) is 42.2 Å². The number of nitrogen functional groups attached to an aromatic ring is 1. The minimum absolute atomic E-state index is 0.0125. The van der Waals surface area contributed by atoms with Crippen molar-refractivity contribution in [1.29, 1.82) is 0 Å². The maximum absolute atomic E-state index is 13.5. The Kier molecular flexibility index (Phi) is 7.92. The molecule has 16 nitrogen and oxygen atoms in total. The average molecular weight is 642 g/mol. The molecule has 3 aliphatic rings. The zero-order chi connectivity index (χ0) is 29.8. The number of nitrogens with zero attached hydrogens (tertiary/aromatic N) is 5. The van der Waals surface area contributed by atoms with E-state index in [4.69, 9.17) is 34.3 Å². The van der Waals surface area contributed by atoms with Crippen LogP contribution >= 0.6 is 26.6 Å². The summed E-state index contributed by atoms with van der Waals surface area (Å²) in [5, 5.41) is 11.1. The SMILES string of the molecule is C[P@]1(=O)OC[C@H]2C[C@@H](n3cnc4c(N)ncnc43)[C@@H]2CO[P@@](=O)(S)OC[C@H]2OC(c3ccnc(C(N)=O)c3)[C@H](O1)[C@@H]2O. The number of fused-ring (bicyclic) bond motifs is 4. The Morgan fingerprint density at radius 2 is 1.93 bits per heavy atom. The van der Waals surface area contributed by atoms with Gasteiger partial charge in [-0.2, -0.15) is 0 Å². The van der Waals surface area contributed by atoms with Gasteiger partial charge in [-0.15, -0.1) is 0 Å². The number of anilines is 1. The molecule has 6 rings (SSSR count). The van der Waals surface area contributed by atoms with E-state index in [1.807, 2.05) is 4.57 Å². The van der Waals surface area contributed by atoms with E-state index in [9.17, 15) is 19.0 Å². The van der Waals surface area contributed by atoms with Gasteiger partial charge < -0.3 is 34.9 Å². The molecule has 9 atom stereocenters. The van der Waals surface area contributed by atoms with E-state index < -0.39 is 44.7 Å². The van der Waals surface area contributed by atoms with Crippen LogP contribution in [0.2, 0.25) is 0 Å². The van der Waals surface area contributed by atoms with E-state index in [1.165, 1.54) is 25.3 Å². The Labute approximate surface area is 244 Å². The summed E-state index contributed by atoms with van der Waals surface area (Å²) in [4.78, 5) is 28.2. The molecule has 2 saturated heterocycles. The molecule has 3 aromatic rings. The van der Waals surface area contributed by atoms with Gasteiger partial charge in [0.15, 0.2) is 11.5 Å². The first kappa shape index (κ1) is 29.6. The molecule has 1 aliphatic carbocycles. The van der Waals surface area contributed by atoms with Gasteiger partial charge in [0, 0.05) is 24.8 Å². The number of ether oxygens (including phenoxy) is 1. The van der Waals surface area contributed by atoms with Crippen LogP contribution in [0.15, 0.2) is 31.0 Å². The van der Waals surface area contributed by atoms with Crippen LogP contribution in [0.25, 0.3) is 11.2 Å². The number of nitrogens with two attached hydrogens (primary N) is 2. The van der Waals surface area contributed by atoms with E-state index in [1.54, 1.807) is 12.4 Å². The number of aliphatic hydroxyl groups excluding tert-OH is 1. The number of carbonyl (C=O) groups excluding carboxylic acids is 1. The molecule has 5 heterocycles. The van der Waals surface area contributed by atoms with Gasteiger partial charge in [0.2, 0.25) is 0 Å². The Morgan fingerprint density at radius 3 is 2.71 bits per heavy atom. The van der Waals surface area contributed by atoms with Gasteiger partial charge in [0.25, 0.3) is 5.91 Å². The third kappa shape index (κ3) is 5.73. The number of rotatable bonds is 3. The van der Waals surface area contributed by atoms with Gasteiger partial charge in [-0.05, 0) is 30.0 Å². The molecule has 42 heavy (non-hydrogen) atoms. The summed E-state index contributed by atoms with van der Waals surface area (Å²) in [5.41, 5.74) is 12.6. The van der Waals surface area contributed by atoms with Crippen LogP contribution in [-0.4, -0.2) is 80.3 Å². The second kappa shape index (κ2) is 11.2. The van der Waals surface area contributed by atoms with Crippen molar-refractivity contribution in [2.75, 3.05) is 32.2 Å². The summed E-state index contributed by atoms with van der Waals surface area (Å²) in [6.07, 6.45) is 0.194. The fraction of sp³-hybridized carbons (Fsp3) is 0.522. The van der Waals surface area contributed by atoms with Crippen LogP contribution in [0.3, 0.4) is 0 Å². The number of aromatic nitrogens is 5. The van der Waals surface area contributed by atoms with Crippen molar-refractivity contribution >= 4 is 49.5 Å². The molecule has 19 heteroatoms. The summed E-state index contributed by atoms with van der Waals surface area (Å²) < 4.78 is 57.4. The predicted octanol–water partition coefficient (Wildman–Crippen LogP) is 1.89. The zero-order valence-corrected chi connectivity index (χ0v) is 24.9. The first-order chi connectivity index (χ1) is 19.9. The van der Waals surface area contributed by atoms with Crippen molar-refractivity contribution < 1.29 is 41.9 Å². The quantitative estimate of drug-likeness (QED) is 0.237. The predicted molar refractivity (Wildman–Crippen MR) is 150 cm³/mol. The molecule has 1 unspecified atom stereocenters. The van der Waals surface area contributed by atoms with Crippen LogP contribution < -0.4 is 11.5 Å². The Hall–Kier alpha value is -2.46. The molecule has 5 N–H and O–H groups in total. The maximum atomic E-state index is 13.5. The first-order valence-electron chi connectivity index (χ1n) is 13.0. The molecule has 3 fully saturated rings. The van der Waals surface area contributed by atoms with Gasteiger partial charge in [0.05, 0.1) is 26.1 Å². The molecule has 3 aromatic heterocycles. The van der Waals surface area contributed by atoms with Crippen LogP contribution in [-0.2, 0) is 32.0 Å². The van der Waals surface area contributed by atoms with Gasteiger partial charge in [-0.3, -0.25) is 23.4 Å². The number of imidazole rings is 1. The monoisotopic (exact) mass is 641 g/mol. The standard InChI is InChI=1S/C23H29N7O9P2S/c1-40(33)35-6-12-5-15(30-10-29-17-21(24)27-9-28-23(17)30)13(12)7-36-41(34,42)37-8-16-18(31)20(39-40)19(38-16)11-2-3-26-14(4-11)22(25)32/h2-4,9-10,12-13,15-16,18-20,31H,5-8H2,1H3,(H2,25,32)(H,34,42)(H2,24,27,28)/t12-,13-,15-,16-,18-,19?,20-,40+,41-/m1/s1. The number of carbonyl (C=O) groups is 1. The molecular formula is C23H29N7O9P2S. The lowest BCUT2D eigenvalue weighted by Gasteiger charge is -2.45. The highest BCUT2D eigenvalue weighted by Crippen LogP contribution is 2.58. The maximum Gasteiger partial charge on any atom is 0.386 e. The summed E-state index contributed by atoms with van der Waals surface area (Å²) in [6, 6.07) is 2.75. The van der Waals surface area contributed by atoms with E-state index >= 15 is 0 Å². The van der Waals surface area contributed by atoms with Crippen LogP contribution in [0.1, 0.15) is 34.6 Å². The second-order valence-electron chi connectivity index (χ2n) is 10.4. The van der Waals surface area contributed by atoms with Crippen molar-refractivity contribution in [3.63, 3.8) is 0 Å². The summed E-state index contributed by atoms with van der Waals surface area (Å²) >= 11 is 4.13. The van der Waals surface area contributed by atoms with Gasteiger partial charge >= 0.3 is 14.4 Å². The summed E-state index contributed by atoms with van der Waals surface area (Å²) in [6.45, 7) is -3.03. The lowest BCUT2D eigenvalue weighted by Crippen LogP contribution is -2.43. The molecule has 1 amide bonds. The fourth-order valence-corrected chi connectivity index (χ4v) is 7.91. The molecule has 2 bridgehead atoms. The Balaban J connectivity index is 1.27. The number of primary amides is 1. The third-order valence-electron chi connectivity index (χ3n) is 7.76. The van der Waals surface area contributed by atoms with Gasteiger partial charge in [0.1, 0.15) is 42.0 Å². The minimum atomic E-state index is -3.92. The van der Waals surface area contributed by atoms with Crippen molar-refractivity contribution in [1.82, 2.24) is 24.5 Å². The molecule has 0 aromatic carbocycles. The minimum Gasteiger partial charge on any atom is -0.387 e. The molecule has 0 radical (unpaired) electrons. The van der Waals surface area contributed by atoms with Crippen molar-refractivity contribution in [2.45, 2.75) is 36.9 Å².